The number of nitrogens with two attached hydrogens (primary N) is 1. The van der Waals surface area contributed by atoms with Gasteiger partial charge in [-0.1, -0.05) is 39.3 Å². The van der Waals surface area contributed by atoms with Gasteiger partial charge in [-0.15, -0.1) is 0 Å². The van der Waals surface area contributed by atoms with Gasteiger partial charge in [0, 0.05) is 11.7 Å². The lowest BCUT2D eigenvalue weighted by Gasteiger charge is -2.22. The molecule has 0 bridgehead atoms. The second kappa shape index (κ2) is 5.11. The minimum atomic E-state index is -0.00588. The van der Waals surface area contributed by atoms with Crippen LogP contribution in [0.1, 0.15) is 49.9 Å². The quantitative estimate of drug-likeness (QED) is 0.858. The Morgan fingerprint density at radius 2 is 2.11 bits per heavy atom. The normalized spacial score (nSPS) is 17.2. The predicted molar refractivity (Wildman–Crippen MR) is 74.5 cm³/mol. The van der Waals surface area contributed by atoms with Crippen molar-refractivity contribution in [1.29, 1.82) is 0 Å². The van der Waals surface area contributed by atoms with Gasteiger partial charge in [-0.05, 0) is 29.0 Å². The van der Waals surface area contributed by atoms with E-state index in [0.717, 1.165) is 29.7 Å². The highest BCUT2D eigenvalue weighted by molar-refractivity contribution is 6.00. The number of carbonyl (C=O) groups is 1. The molecule has 0 saturated heterocycles. The molecule has 1 aliphatic rings. The predicted octanol–water partition coefficient (Wildman–Crippen LogP) is 2.79. The standard InChI is InChI=1S/C15H22N2O/c1-4-9(3)14(16)12-7-10(5-2)6-11-8-13(18)17-15(11)12/h6-7,9,14H,4-5,8,16H2,1-3H3,(H,17,18). The smallest absolute Gasteiger partial charge is 0.228 e. The molecule has 3 nitrogen and oxygen atoms in total. The lowest BCUT2D eigenvalue weighted by atomic mass is 9.89. The molecular formula is C15H22N2O. The van der Waals surface area contributed by atoms with Crippen molar-refractivity contribution in [3.63, 3.8) is 0 Å². The van der Waals surface area contributed by atoms with Crippen molar-refractivity contribution < 1.29 is 4.79 Å². The molecule has 3 N–H and O–H groups in total. The molecule has 18 heavy (non-hydrogen) atoms. The molecule has 98 valence electrons. The van der Waals surface area contributed by atoms with E-state index in [1.165, 1.54) is 5.56 Å². The maximum atomic E-state index is 11.6. The van der Waals surface area contributed by atoms with Crippen molar-refractivity contribution in [3.05, 3.63) is 28.8 Å². The Balaban J connectivity index is 2.46. The summed E-state index contributed by atoms with van der Waals surface area (Å²) in [6.07, 6.45) is 2.51. The maximum absolute atomic E-state index is 11.6. The van der Waals surface area contributed by atoms with Gasteiger partial charge in [-0.3, -0.25) is 4.79 Å². The van der Waals surface area contributed by atoms with E-state index >= 15 is 0 Å². The minimum Gasteiger partial charge on any atom is -0.325 e. The third kappa shape index (κ3) is 2.27. The molecular weight excluding hydrogens is 224 g/mol. The van der Waals surface area contributed by atoms with Crippen molar-refractivity contribution in [3.8, 4) is 0 Å². The number of fused-ring (bicyclic) bond motifs is 1. The minimum absolute atomic E-state index is 0.00588. The van der Waals surface area contributed by atoms with Crippen LogP contribution in [0.4, 0.5) is 5.69 Å². The molecule has 0 saturated carbocycles. The lowest BCUT2D eigenvalue weighted by molar-refractivity contribution is -0.115. The van der Waals surface area contributed by atoms with E-state index in [4.69, 9.17) is 5.73 Å². The van der Waals surface area contributed by atoms with Crippen LogP contribution in [0.3, 0.4) is 0 Å². The average Bonchev–Trinajstić information content (AvgIpc) is 2.75. The molecule has 2 atom stereocenters. The van der Waals surface area contributed by atoms with Crippen molar-refractivity contribution in [2.24, 2.45) is 11.7 Å². The van der Waals surface area contributed by atoms with Gasteiger partial charge in [0.15, 0.2) is 0 Å². The third-order valence-electron chi connectivity index (χ3n) is 3.95. The number of hydrogen-bond acceptors (Lipinski definition) is 2. The van der Waals surface area contributed by atoms with Crippen molar-refractivity contribution in [1.82, 2.24) is 0 Å². The van der Waals surface area contributed by atoms with E-state index in [1.54, 1.807) is 0 Å². The molecule has 2 unspecified atom stereocenters. The number of carbonyl (C=O) groups excluding carboxylic acids is 1. The second-order valence-electron chi connectivity index (χ2n) is 5.21. The number of benzene rings is 1. The summed E-state index contributed by atoms with van der Waals surface area (Å²) in [7, 11) is 0. The third-order valence-corrected chi connectivity index (χ3v) is 3.95. The monoisotopic (exact) mass is 246 g/mol. The first-order valence-corrected chi connectivity index (χ1v) is 6.77. The Morgan fingerprint density at radius 3 is 2.72 bits per heavy atom. The van der Waals surface area contributed by atoms with E-state index in [0.29, 0.717) is 12.3 Å². The number of nitrogens with one attached hydrogen (secondary N) is 1. The summed E-state index contributed by atoms with van der Waals surface area (Å²) >= 11 is 0. The van der Waals surface area contributed by atoms with E-state index < -0.39 is 0 Å². The van der Waals surface area contributed by atoms with Crippen LogP contribution in [-0.2, 0) is 17.6 Å². The fourth-order valence-electron chi connectivity index (χ4n) is 2.47. The van der Waals surface area contributed by atoms with Crippen LogP contribution in [0, 0.1) is 5.92 Å². The number of rotatable bonds is 4. The van der Waals surface area contributed by atoms with Gasteiger partial charge in [0.05, 0.1) is 6.42 Å². The highest BCUT2D eigenvalue weighted by Gasteiger charge is 2.25. The fraction of sp³-hybridized carbons (Fsp3) is 0.533. The summed E-state index contributed by atoms with van der Waals surface area (Å²) in [6, 6.07) is 4.27. The molecule has 1 aromatic carbocycles. The molecule has 1 heterocycles. The van der Waals surface area contributed by atoms with Gasteiger partial charge >= 0.3 is 0 Å². The van der Waals surface area contributed by atoms with Crippen LogP contribution in [-0.4, -0.2) is 5.91 Å². The van der Waals surface area contributed by atoms with Crippen LogP contribution in [0.15, 0.2) is 12.1 Å². The molecule has 0 fully saturated rings. The van der Waals surface area contributed by atoms with E-state index in [-0.39, 0.29) is 11.9 Å². The van der Waals surface area contributed by atoms with Crippen LogP contribution >= 0.6 is 0 Å². The largest absolute Gasteiger partial charge is 0.325 e. The summed E-state index contributed by atoms with van der Waals surface area (Å²) in [5, 5.41) is 2.96. The Hall–Kier alpha value is -1.35. The topological polar surface area (TPSA) is 55.1 Å². The molecule has 0 radical (unpaired) electrons. The zero-order valence-corrected chi connectivity index (χ0v) is 11.4. The molecule has 0 spiro atoms. The average molecular weight is 246 g/mol. The summed E-state index contributed by atoms with van der Waals surface area (Å²) < 4.78 is 0. The van der Waals surface area contributed by atoms with E-state index in [9.17, 15) is 4.79 Å². The van der Waals surface area contributed by atoms with E-state index in [1.807, 2.05) is 0 Å². The summed E-state index contributed by atoms with van der Waals surface area (Å²) in [6.45, 7) is 6.43. The highest BCUT2D eigenvalue weighted by atomic mass is 16.1. The molecule has 1 aromatic rings. The lowest BCUT2D eigenvalue weighted by Crippen LogP contribution is -2.20. The molecule has 0 aliphatic carbocycles. The van der Waals surface area contributed by atoms with Gasteiger partial charge in [0.2, 0.25) is 5.91 Å². The Morgan fingerprint density at radius 1 is 1.39 bits per heavy atom. The number of amides is 1. The summed E-state index contributed by atoms with van der Waals surface area (Å²) in [5.74, 6) is 0.495. The number of anilines is 1. The van der Waals surface area contributed by atoms with Crippen molar-refractivity contribution >= 4 is 11.6 Å². The van der Waals surface area contributed by atoms with Crippen LogP contribution in [0.5, 0.6) is 0 Å². The first kappa shape index (κ1) is 13.1. The van der Waals surface area contributed by atoms with Gasteiger partial charge in [-0.25, -0.2) is 0 Å². The van der Waals surface area contributed by atoms with E-state index in [2.05, 4.69) is 38.2 Å². The second-order valence-corrected chi connectivity index (χ2v) is 5.21. The summed E-state index contributed by atoms with van der Waals surface area (Å²) in [4.78, 5) is 11.6. The molecule has 1 aliphatic heterocycles. The molecule has 3 heteroatoms. The number of hydrogen-bond donors (Lipinski definition) is 2. The van der Waals surface area contributed by atoms with Crippen LogP contribution in [0.2, 0.25) is 0 Å². The number of aryl methyl sites for hydroxylation is 1. The molecule has 1 amide bonds. The van der Waals surface area contributed by atoms with Crippen molar-refractivity contribution in [2.45, 2.75) is 46.1 Å². The fourth-order valence-corrected chi connectivity index (χ4v) is 2.47. The first-order chi connectivity index (χ1) is 8.56. The van der Waals surface area contributed by atoms with Gasteiger partial charge < -0.3 is 11.1 Å². The Labute approximate surface area is 109 Å². The Bertz CT molecular complexity index is 468. The van der Waals surface area contributed by atoms with Gasteiger partial charge in [0.1, 0.15) is 0 Å². The highest BCUT2D eigenvalue weighted by Crippen LogP contribution is 2.35. The molecule has 2 rings (SSSR count). The SMILES string of the molecule is CCc1cc2c(c(C(N)C(C)CC)c1)NC(=O)C2. The maximum Gasteiger partial charge on any atom is 0.228 e. The van der Waals surface area contributed by atoms with Crippen molar-refractivity contribution in [2.75, 3.05) is 5.32 Å². The van der Waals surface area contributed by atoms with Crippen LogP contribution < -0.4 is 11.1 Å². The van der Waals surface area contributed by atoms with Crippen LogP contribution in [0.25, 0.3) is 0 Å². The first-order valence-electron chi connectivity index (χ1n) is 6.77. The summed E-state index contributed by atoms with van der Waals surface area (Å²) in [5.41, 5.74) is 10.8. The Kier molecular flexibility index (Phi) is 3.71. The zero-order valence-electron chi connectivity index (χ0n) is 11.4. The zero-order chi connectivity index (χ0) is 13.3. The molecule has 0 aromatic heterocycles. The van der Waals surface area contributed by atoms with Gasteiger partial charge in [0.25, 0.3) is 0 Å². The van der Waals surface area contributed by atoms with Gasteiger partial charge in [-0.2, -0.15) is 0 Å².